The Morgan fingerprint density at radius 1 is 1.00 bits per heavy atom. The maximum atomic E-state index is 6.00. The van der Waals surface area contributed by atoms with E-state index in [0.29, 0.717) is 6.61 Å². The number of nitrogens with two attached hydrogens (primary N) is 1. The molecule has 0 bridgehead atoms. The van der Waals surface area contributed by atoms with Crippen LogP contribution in [0.25, 0.3) is 0 Å². The first-order chi connectivity index (χ1) is 9.79. The largest absolute Gasteiger partial charge is 0.494 e. The zero-order valence-corrected chi connectivity index (χ0v) is 13.2. The third kappa shape index (κ3) is 4.69. The summed E-state index contributed by atoms with van der Waals surface area (Å²) in [7, 11) is 0. The lowest BCUT2D eigenvalue weighted by Gasteiger charge is -2.09. The van der Waals surface area contributed by atoms with Crippen LogP contribution in [0.4, 0.5) is 5.69 Å². The number of hydrogen-bond donors (Lipinski definition) is 1. The Kier molecular flexibility index (Phi) is 6.15. The first-order valence-corrected chi connectivity index (χ1v) is 8.59. The molecule has 0 fully saturated rings. The lowest BCUT2D eigenvalue weighted by Crippen LogP contribution is -1.95. The smallest absolute Gasteiger partial charge is 0.120 e. The minimum atomic E-state index is 0.678. The van der Waals surface area contributed by atoms with Gasteiger partial charge >= 0.3 is 0 Å². The summed E-state index contributed by atoms with van der Waals surface area (Å²) in [5.41, 5.74) is 6.82. The number of thioether (sulfide) groups is 2. The second-order valence-corrected chi connectivity index (χ2v) is 6.45. The molecule has 0 aliphatic rings. The van der Waals surface area contributed by atoms with Crippen LogP contribution in [0.5, 0.6) is 5.75 Å². The van der Waals surface area contributed by atoms with Gasteiger partial charge in [0.25, 0.3) is 0 Å². The van der Waals surface area contributed by atoms with Crippen molar-refractivity contribution in [2.75, 3.05) is 23.8 Å². The lowest BCUT2D eigenvalue weighted by atomic mass is 10.3. The van der Waals surface area contributed by atoms with Gasteiger partial charge in [-0.05, 0) is 37.3 Å². The van der Waals surface area contributed by atoms with Crippen LogP contribution in [-0.4, -0.2) is 18.1 Å². The van der Waals surface area contributed by atoms with Crippen molar-refractivity contribution in [1.29, 1.82) is 0 Å². The summed E-state index contributed by atoms with van der Waals surface area (Å²) in [6.45, 7) is 2.66. The zero-order valence-electron chi connectivity index (χ0n) is 11.5. The molecule has 0 radical (unpaired) electrons. The van der Waals surface area contributed by atoms with Crippen molar-refractivity contribution in [2.45, 2.75) is 16.7 Å². The van der Waals surface area contributed by atoms with E-state index in [1.807, 2.05) is 43.0 Å². The molecule has 4 heteroatoms. The molecule has 2 rings (SSSR count). The highest BCUT2D eigenvalue weighted by Crippen LogP contribution is 2.30. The number of nitrogen functional groups attached to an aromatic ring is 1. The van der Waals surface area contributed by atoms with Gasteiger partial charge in [-0.1, -0.05) is 18.2 Å². The van der Waals surface area contributed by atoms with Crippen LogP contribution < -0.4 is 10.5 Å². The molecule has 20 heavy (non-hydrogen) atoms. The molecule has 106 valence electrons. The van der Waals surface area contributed by atoms with Gasteiger partial charge in [0.15, 0.2) is 0 Å². The van der Waals surface area contributed by atoms with Crippen LogP contribution in [0.2, 0.25) is 0 Å². The van der Waals surface area contributed by atoms with E-state index in [2.05, 4.69) is 24.3 Å². The molecule has 0 aliphatic carbocycles. The number of anilines is 1. The molecular weight excluding hydrogens is 286 g/mol. The van der Waals surface area contributed by atoms with Gasteiger partial charge in [0, 0.05) is 27.0 Å². The molecule has 0 aliphatic heterocycles. The Hall–Kier alpha value is -1.26. The highest BCUT2D eigenvalue weighted by Gasteiger charge is 2.03. The molecule has 0 saturated heterocycles. The SMILES string of the molecule is CCOc1ccc(N)c(SCCSc2ccccc2)c1. The Morgan fingerprint density at radius 3 is 2.50 bits per heavy atom. The van der Waals surface area contributed by atoms with Crippen molar-refractivity contribution in [1.82, 2.24) is 0 Å². The van der Waals surface area contributed by atoms with Crippen molar-refractivity contribution >= 4 is 29.2 Å². The van der Waals surface area contributed by atoms with Gasteiger partial charge < -0.3 is 10.5 Å². The van der Waals surface area contributed by atoms with E-state index in [-0.39, 0.29) is 0 Å². The highest BCUT2D eigenvalue weighted by atomic mass is 32.2. The fourth-order valence-electron chi connectivity index (χ4n) is 1.72. The van der Waals surface area contributed by atoms with E-state index in [4.69, 9.17) is 10.5 Å². The summed E-state index contributed by atoms with van der Waals surface area (Å²) < 4.78 is 5.50. The molecule has 0 amide bonds. The van der Waals surface area contributed by atoms with Gasteiger partial charge in [-0.15, -0.1) is 23.5 Å². The molecule has 0 unspecified atom stereocenters. The van der Waals surface area contributed by atoms with Crippen LogP contribution in [0.1, 0.15) is 6.92 Å². The van der Waals surface area contributed by atoms with E-state index in [9.17, 15) is 0 Å². The summed E-state index contributed by atoms with van der Waals surface area (Å²) >= 11 is 3.65. The maximum absolute atomic E-state index is 6.00. The normalized spacial score (nSPS) is 10.4. The molecule has 2 N–H and O–H groups in total. The van der Waals surface area contributed by atoms with Gasteiger partial charge in [-0.2, -0.15) is 0 Å². The fourth-order valence-corrected chi connectivity index (χ4v) is 3.63. The van der Waals surface area contributed by atoms with E-state index in [1.165, 1.54) is 4.90 Å². The van der Waals surface area contributed by atoms with E-state index in [1.54, 1.807) is 11.8 Å². The lowest BCUT2D eigenvalue weighted by molar-refractivity contribution is 0.339. The molecular formula is C16H19NOS2. The molecule has 0 atom stereocenters. The van der Waals surface area contributed by atoms with Gasteiger partial charge in [0.05, 0.1) is 6.61 Å². The van der Waals surface area contributed by atoms with E-state index < -0.39 is 0 Å². The van der Waals surface area contributed by atoms with Crippen molar-refractivity contribution < 1.29 is 4.74 Å². The predicted molar refractivity (Wildman–Crippen MR) is 89.9 cm³/mol. The maximum Gasteiger partial charge on any atom is 0.120 e. The zero-order chi connectivity index (χ0) is 14.2. The topological polar surface area (TPSA) is 35.2 Å². The van der Waals surface area contributed by atoms with Gasteiger partial charge in [-0.25, -0.2) is 0 Å². The summed E-state index contributed by atoms with van der Waals surface area (Å²) in [5.74, 6) is 2.98. The molecule has 0 aromatic heterocycles. The fraction of sp³-hybridized carbons (Fsp3) is 0.250. The molecule has 0 saturated carbocycles. The van der Waals surface area contributed by atoms with Crippen LogP contribution in [0.3, 0.4) is 0 Å². The quantitative estimate of drug-likeness (QED) is 0.462. The molecule has 0 spiro atoms. The second-order valence-electron chi connectivity index (χ2n) is 4.14. The van der Waals surface area contributed by atoms with Crippen LogP contribution in [0.15, 0.2) is 58.3 Å². The first kappa shape index (κ1) is 15.1. The van der Waals surface area contributed by atoms with Crippen molar-refractivity contribution in [2.24, 2.45) is 0 Å². The summed E-state index contributed by atoms with van der Waals surface area (Å²) in [6.07, 6.45) is 0. The van der Waals surface area contributed by atoms with Crippen LogP contribution >= 0.6 is 23.5 Å². The highest BCUT2D eigenvalue weighted by molar-refractivity contribution is 8.03. The second kappa shape index (κ2) is 8.12. The summed E-state index contributed by atoms with van der Waals surface area (Å²) in [6, 6.07) is 16.3. The van der Waals surface area contributed by atoms with Crippen molar-refractivity contribution in [3.8, 4) is 5.75 Å². The number of rotatable bonds is 7. The average Bonchev–Trinajstić information content (AvgIpc) is 2.48. The Bertz CT molecular complexity index is 531. The van der Waals surface area contributed by atoms with Crippen molar-refractivity contribution in [3.63, 3.8) is 0 Å². The Morgan fingerprint density at radius 2 is 1.75 bits per heavy atom. The van der Waals surface area contributed by atoms with Gasteiger partial charge in [0.2, 0.25) is 0 Å². The first-order valence-electron chi connectivity index (χ1n) is 6.62. The molecule has 2 aromatic carbocycles. The number of ether oxygens (including phenoxy) is 1. The Balaban J connectivity index is 1.83. The van der Waals surface area contributed by atoms with Crippen LogP contribution in [0, 0.1) is 0 Å². The number of hydrogen-bond acceptors (Lipinski definition) is 4. The third-order valence-electron chi connectivity index (χ3n) is 2.65. The van der Waals surface area contributed by atoms with Gasteiger partial charge in [0.1, 0.15) is 5.75 Å². The van der Waals surface area contributed by atoms with Crippen LogP contribution in [-0.2, 0) is 0 Å². The molecule has 0 heterocycles. The molecule has 2 nitrogen and oxygen atoms in total. The van der Waals surface area contributed by atoms with Gasteiger partial charge in [-0.3, -0.25) is 0 Å². The Labute approximate surface area is 129 Å². The van der Waals surface area contributed by atoms with E-state index in [0.717, 1.165) is 27.8 Å². The minimum Gasteiger partial charge on any atom is -0.494 e. The molecule has 2 aromatic rings. The minimum absolute atomic E-state index is 0.678. The summed E-state index contributed by atoms with van der Waals surface area (Å²) in [5, 5.41) is 0. The van der Waals surface area contributed by atoms with Crippen molar-refractivity contribution in [3.05, 3.63) is 48.5 Å². The summed E-state index contributed by atoms with van der Waals surface area (Å²) in [4.78, 5) is 2.41. The standard InChI is InChI=1S/C16H19NOS2/c1-2-18-13-8-9-15(17)16(12-13)20-11-10-19-14-6-4-3-5-7-14/h3-9,12H,2,10-11,17H2,1H3. The van der Waals surface area contributed by atoms with E-state index >= 15 is 0 Å². The number of benzene rings is 2. The monoisotopic (exact) mass is 305 g/mol. The third-order valence-corrected chi connectivity index (χ3v) is 4.99. The average molecular weight is 305 g/mol. The predicted octanol–water partition coefficient (Wildman–Crippen LogP) is 4.55.